The van der Waals surface area contributed by atoms with Crippen molar-refractivity contribution in [3.8, 4) is 5.75 Å². The van der Waals surface area contributed by atoms with E-state index in [0.717, 1.165) is 22.4 Å². The number of para-hydroxylation sites is 1. The molecule has 0 radical (unpaired) electrons. The number of hydrogen-bond donors (Lipinski definition) is 1. The fourth-order valence-corrected chi connectivity index (χ4v) is 5.44. The van der Waals surface area contributed by atoms with Crippen LogP contribution in [-0.4, -0.2) is 35.6 Å². The van der Waals surface area contributed by atoms with Crippen LogP contribution in [0.2, 0.25) is 5.02 Å². The van der Waals surface area contributed by atoms with Crippen molar-refractivity contribution in [2.75, 3.05) is 18.9 Å². The monoisotopic (exact) mass is 522 g/mol. The van der Waals surface area contributed by atoms with Crippen molar-refractivity contribution in [2.45, 2.75) is 38.1 Å². The molecule has 1 atom stereocenters. The average Bonchev–Trinajstić information content (AvgIpc) is 3.22. The molecule has 0 bridgehead atoms. The Kier molecular flexibility index (Phi) is 8.27. The summed E-state index contributed by atoms with van der Waals surface area (Å²) < 4.78 is 5.95. The summed E-state index contributed by atoms with van der Waals surface area (Å²) in [5.41, 5.74) is 3.73. The number of thioether (sulfide) groups is 1. The van der Waals surface area contributed by atoms with Crippen LogP contribution in [0.5, 0.6) is 5.75 Å². The second-order valence-corrected chi connectivity index (χ2v) is 11.3. The van der Waals surface area contributed by atoms with E-state index < -0.39 is 0 Å². The van der Waals surface area contributed by atoms with Gasteiger partial charge in [0, 0.05) is 17.1 Å². The summed E-state index contributed by atoms with van der Waals surface area (Å²) in [5, 5.41) is 3.52. The third-order valence-corrected chi connectivity index (χ3v) is 7.54. The summed E-state index contributed by atoms with van der Waals surface area (Å²) in [6, 6.07) is 23.0. The predicted molar refractivity (Wildman–Crippen MR) is 147 cm³/mol. The number of ether oxygens (including phenoxy) is 1. The van der Waals surface area contributed by atoms with Crippen LogP contribution in [0.3, 0.4) is 0 Å². The lowest BCUT2D eigenvalue weighted by Crippen LogP contribution is -2.29. The number of benzene rings is 3. The molecule has 0 saturated carbocycles. The van der Waals surface area contributed by atoms with Gasteiger partial charge < -0.3 is 15.0 Å². The summed E-state index contributed by atoms with van der Waals surface area (Å²) in [6.45, 7) is 7.76. The third kappa shape index (κ3) is 6.42. The number of hydrogen-bond acceptors (Lipinski definition) is 4. The van der Waals surface area contributed by atoms with Gasteiger partial charge in [0.1, 0.15) is 17.7 Å². The van der Waals surface area contributed by atoms with Crippen LogP contribution in [0, 0.1) is 0 Å². The molecule has 4 rings (SSSR count). The molecule has 0 unspecified atom stereocenters. The van der Waals surface area contributed by atoms with Crippen LogP contribution in [0.25, 0.3) is 0 Å². The zero-order chi connectivity index (χ0) is 25.7. The molecule has 1 fully saturated rings. The van der Waals surface area contributed by atoms with Gasteiger partial charge in [-0.25, -0.2) is 0 Å². The molecule has 7 heteroatoms. The van der Waals surface area contributed by atoms with Crippen LogP contribution in [0.15, 0.2) is 72.8 Å². The molecule has 1 saturated heterocycles. The Morgan fingerprint density at radius 1 is 1.06 bits per heavy atom. The number of carbonyl (C=O) groups excluding carboxylic acids is 2. The molecule has 1 aliphatic rings. The van der Waals surface area contributed by atoms with Crippen molar-refractivity contribution in [1.82, 2.24) is 10.2 Å². The normalized spacial score (nSPS) is 15.7. The number of nitrogens with zero attached hydrogens (tertiary/aromatic N) is 1. The zero-order valence-electron chi connectivity index (χ0n) is 20.8. The Bertz CT molecular complexity index is 1210. The molecule has 2 amide bonds. The van der Waals surface area contributed by atoms with Crippen LogP contribution in [-0.2, 0) is 16.8 Å². The lowest BCUT2D eigenvalue weighted by Gasteiger charge is -2.24. The first-order chi connectivity index (χ1) is 17.2. The Morgan fingerprint density at radius 3 is 2.44 bits per heavy atom. The molecule has 3 aromatic carbocycles. The van der Waals surface area contributed by atoms with E-state index in [1.807, 2.05) is 71.6 Å². The van der Waals surface area contributed by atoms with Gasteiger partial charge in [-0.3, -0.25) is 9.59 Å². The van der Waals surface area contributed by atoms with Gasteiger partial charge in [0.05, 0.1) is 12.3 Å². The fraction of sp³-hybridized carbons (Fsp3) is 0.310. The number of carbonyl (C=O) groups is 2. The average molecular weight is 523 g/mol. The second-order valence-electron chi connectivity index (χ2n) is 9.78. The van der Waals surface area contributed by atoms with E-state index in [0.29, 0.717) is 36.0 Å². The van der Waals surface area contributed by atoms with Gasteiger partial charge >= 0.3 is 0 Å². The number of rotatable bonds is 8. The third-order valence-electron chi connectivity index (χ3n) is 6.03. The summed E-state index contributed by atoms with van der Waals surface area (Å²) >= 11 is 7.59. The molecule has 3 aromatic rings. The Hall–Kier alpha value is -2.96. The minimum atomic E-state index is -0.151. The molecule has 0 spiro atoms. The molecular formula is C29H31ClN2O3S. The topological polar surface area (TPSA) is 58.6 Å². The first kappa shape index (κ1) is 26.1. The van der Waals surface area contributed by atoms with Gasteiger partial charge in [-0.2, -0.15) is 0 Å². The summed E-state index contributed by atoms with van der Waals surface area (Å²) in [7, 11) is 0. The van der Waals surface area contributed by atoms with E-state index in [-0.39, 0.29) is 22.6 Å². The maximum atomic E-state index is 12.7. The van der Waals surface area contributed by atoms with Crippen LogP contribution in [0.4, 0.5) is 0 Å². The van der Waals surface area contributed by atoms with Crippen LogP contribution in [0.1, 0.15) is 53.2 Å². The molecule has 1 aliphatic heterocycles. The molecule has 1 N–H and O–H groups in total. The zero-order valence-corrected chi connectivity index (χ0v) is 22.4. The van der Waals surface area contributed by atoms with Gasteiger partial charge in [-0.1, -0.05) is 74.8 Å². The molecular weight excluding hydrogens is 492 g/mol. The highest BCUT2D eigenvalue weighted by molar-refractivity contribution is 8.00. The van der Waals surface area contributed by atoms with Crippen molar-refractivity contribution in [3.05, 3.63) is 100 Å². The SMILES string of the molecule is CC(C)(C)c1ccccc1OCCNC(=O)c1ccc([C@H]2SCC(=O)N2Cc2ccc(Cl)cc2)cc1. The molecule has 0 aromatic heterocycles. The van der Waals surface area contributed by atoms with Gasteiger partial charge in [0.2, 0.25) is 5.91 Å². The molecule has 1 heterocycles. The lowest BCUT2D eigenvalue weighted by molar-refractivity contribution is -0.128. The highest BCUT2D eigenvalue weighted by Crippen LogP contribution is 2.39. The Labute approximate surface area is 222 Å². The van der Waals surface area contributed by atoms with Gasteiger partial charge in [-0.15, -0.1) is 11.8 Å². The van der Waals surface area contributed by atoms with Crippen molar-refractivity contribution in [2.24, 2.45) is 0 Å². The van der Waals surface area contributed by atoms with E-state index in [4.69, 9.17) is 16.3 Å². The van der Waals surface area contributed by atoms with E-state index in [1.165, 1.54) is 0 Å². The van der Waals surface area contributed by atoms with E-state index >= 15 is 0 Å². The Balaban J connectivity index is 1.32. The van der Waals surface area contributed by atoms with Crippen molar-refractivity contribution < 1.29 is 14.3 Å². The van der Waals surface area contributed by atoms with Crippen molar-refractivity contribution >= 4 is 35.2 Å². The fourth-order valence-electron chi connectivity index (χ4n) is 4.13. The van der Waals surface area contributed by atoms with Gasteiger partial charge in [-0.05, 0) is 52.4 Å². The minimum absolute atomic E-state index is 0.0196. The predicted octanol–water partition coefficient (Wildman–Crippen LogP) is 6.22. The summed E-state index contributed by atoms with van der Waals surface area (Å²) in [5.74, 6) is 1.24. The maximum absolute atomic E-state index is 12.7. The highest BCUT2D eigenvalue weighted by atomic mass is 35.5. The quantitative estimate of drug-likeness (QED) is 0.357. The van der Waals surface area contributed by atoms with Crippen LogP contribution < -0.4 is 10.1 Å². The largest absolute Gasteiger partial charge is 0.491 e. The molecule has 188 valence electrons. The van der Waals surface area contributed by atoms with Crippen molar-refractivity contribution in [1.29, 1.82) is 0 Å². The number of nitrogens with one attached hydrogen (secondary N) is 1. The second kappa shape index (κ2) is 11.4. The van der Waals surface area contributed by atoms with Crippen LogP contribution >= 0.6 is 23.4 Å². The van der Waals surface area contributed by atoms with Gasteiger partial charge in [0.15, 0.2) is 0 Å². The lowest BCUT2D eigenvalue weighted by atomic mass is 9.86. The maximum Gasteiger partial charge on any atom is 0.251 e. The first-order valence-corrected chi connectivity index (χ1v) is 13.4. The number of amides is 2. The summed E-state index contributed by atoms with van der Waals surface area (Å²) in [4.78, 5) is 27.1. The van der Waals surface area contributed by atoms with E-state index in [1.54, 1.807) is 11.8 Å². The van der Waals surface area contributed by atoms with E-state index in [2.05, 4.69) is 32.2 Å². The van der Waals surface area contributed by atoms with Crippen molar-refractivity contribution in [3.63, 3.8) is 0 Å². The van der Waals surface area contributed by atoms with E-state index in [9.17, 15) is 9.59 Å². The molecule has 36 heavy (non-hydrogen) atoms. The minimum Gasteiger partial charge on any atom is -0.491 e. The Morgan fingerprint density at radius 2 is 1.75 bits per heavy atom. The highest BCUT2D eigenvalue weighted by Gasteiger charge is 2.32. The summed E-state index contributed by atoms with van der Waals surface area (Å²) in [6.07, 6.45) is 0. The molecule has 5 nitrogen and oxygen atoms in total. The standard InChI is InChI=1S/C29H31ClN2O3S/c1-29(2,3)24-6-4-5-7-25(24)35-17-16-31-27(34)21-10-12-22(13-11-21)28-32(26(33)19-36-28)18-20-8-14-23(30)15-9-20/h4-15,28H,16-19H2,1-3H3,(H,31,34)/t28-/m1/s1. The smallest absolute Gasteiger partial charge is 0.251 e. The van der Waals surface area contributed by atoms with Gasteiger partial charge in [0.25, 0.3) is 5.91 Å². The first-order valence-electron chi connectivity index (χ1n) is 12.0. The number of halogens is 1. The molecule has 0 aliphatic carbocycles.